The first kappa shape index (κ1) is 9.48. The van der Waals surface area contributed by atoms with Crippen molar-refractivity contribution in [3.8, 4) is 0 Å². The molecule has 0 radical (unpaired) electrons. The van der Waals surface area contributed by atoms with Crippen LogP contribution in [-0.2, 0) is 4.79 Å². The largest absolute Gasteiger partial charge is 0.389 e. The Morgan fingerprint density at radius 1 is 1.67 bits per heavy atom. The number of rotatable bonds is 3. The molecule has 70 valence electrons. The Kier molecular flexibility index (Phi) is 2.14. The standard InChI is InChI=1S/C8H16N2O2/c1-7(2,12)5-10-6(11)8(9)3-4-8/h12H,3-5,9H2,1-2H3,(H,10,11). The number of nitrogens with two attached hydrogens (primary N) is 1. The van der Waals surface area contributed by atoms with Crippen molar-refractivity contribution in [2.45, 2.75) is 37.8 Å². The lowest BCUT2D eigenvalue weighted by Gasteiger charge is -2.19. The zero-order valence-corrected chi connectivity index (χ0v) is 7.55. The van der Waals surface area contributed by atoms with E-state index in [1.165, 1.54) is 0 Å². The van der Waals surface area contributed by atoms with Crippen LogP contribution in [0.5, 0.6) is 0 Å². The van der Waals surface area contributed by atoms with Gasteiger partial charge in [0, 0.05) is 6.54 Å². The number of nitrogens with one attached hydrogen (secondary N) is 1. The molecule has 1 amide bonds. The average molecular weight is 172 g/mol. The summed E-state index contributed by atoms with van der Waals surface area (Å²) in [6, 6.07) is 0. The number of carbonyl (C=O) groups excluding carboxylic acids is 1. The molecule has 0 aromatic rings. The summed E-state index contributed by atoms with van der Waals surface area (Å²) in [5.41, 5.74) is 4.13. The van der Waals surface area contributed by atoms with Crippen molar-refractivity contribution in [1.29, 1.82) is 0 Å². The molecule has 0 atom stereocenters. The van der Waals surface area contributed by atoms with Crippen LogP contribution in [0.2, 0.25) is 0 Å². The Bertz CT molecular complexity index is 192. The van der Waals surface area contributed by atoms with Crippen LogP contribution in [0.1, 0.15) is 26.7 Å². The molecule has 1 saturated carbocycles. The highest BCUT2D eigenvalue weighted by Gasteiger charge is 2.45. The van der Waals surface area contributed by atoms with E-state index in [0.717, 1.165) is 12.8 Å². The molecule has 0 aliphatic heterocycles. The lowest BCUT2D eigenvalue weighted by Crippen LogP contribution is -2.47. The van der Waals surface area contributed by atoms with Gasteiger partial charge in [-0.25, -0.2) is 0 Å². The van der Waals surface area contributed by atoms with Crippen LogP contribution in [0.4, 0.5) is 0 Å². The predicted molar refractivity (Wildman–Crippen MR) is 45.5 cm³/mol. The molecule has 1 aliphatic rings. The quantitative estimate of drug-likeness (QED) is 0.530. The molecule has 1 aliphatic carbocycles. The lowest BCUT2D eigenvalue weighted by atomic mass is 10.1. The van der Waals surface area contributed by atoms with E-state index in [4.69, 9.17) is 5.73 Å². The second-order valence-corrected chi connectivity index (χ2v) is 4.15. The van der Waals surface area contributed by atoms with Gasteiger partial charge in [0.1, 0.15) is 0 Å². The third-order valence-corrected chi connectivity index (χ3v) is 1.92. The Balaban J connectivity index is 2.29. The van der Waals surface area contributed by atoms with E-state index in [0.29, 0.717) is 0 Å². The third kappa shape index (κ3) is 2.46. The van der Waals surface area contributed by atoms with Gasteiger partial charge in [-0.3, -0.25) is 4.79 Å². The summed E-state index contributed by atoms with van der Waals surface area (Å²) in [5.74, 6) is -0.148. The molecule has 4 nitrogen and oxygen atoms in total. The van der Waals surface area contributed by atoms with Crippen molar-refractivity contribution < 1.29 is 9.90 Å². The van der Waals surface area contributed by atoms with Gasteiger partial charge in [-0.05, 0) is 26.7 Å². The van der Waals surface area contributed by atoms with E-state index in [1.807, 2.05) is 0 Å². The maximum absolute atomic E-state index is 11.2. The van der Waals surface area contributed by atoms with Crippen LogP contribution in [0.25, 0.3) is 0 Å². The van der Waals surface area contributed by atoms with Crippen LogP contribution in [-0.4, -0.2) is 28.7 Å². The van der Waals surface area contributed by atoms with E-state index in [1.54, 1.807) is 13.8 Å². The van der Waals surface area contributed by atoms with Gasteiger partial charge in [0.05, 0.1) is 11.1 Å². The van der Waals surface area contributed by atoms with Gasteiger partial charge in [0.2, 0.25) is 5.91 Å². The Labute approximate surface area is 72.1 Å². The maximum atomic E-state index is 11.2. The first-order chi connectivity index (χ1) is 5.33. The molecule has 1 rings (SSSR count). The minimum Gasteiger partial charge on any atom is -0.389 e. The Morgan fingerprint density at radius 3 is 2.50 bits per heavy atom. The highest BCUT2D eigenvalue weighted by molar-refractivity contribution is 5.88. The van der Waals surface area contributed by atoms with Crippen molar-refractivity contribution in [3.63, 3.8) is 0 Å². The van der Waals surface area contributed by atoms with Gasteiger partial charge >= 0.3 is 0 Å². The molecule has 0 saturated heterocycles. The Morgan fingerprint density at radius 2 is 2.17 bits per heavy atom. The molecular formula is C8H16N2O2. The van der Waals surface area contributed by atoms with Crippen molar-refractivity contribution in [2.24, 2.45) is 5.73 Å². The first-order valence-electron chi connectivity index (χ1n) is 4.13. The Hall–Kier alpha value is -0.610. The SMILES string of the molecule is CC(C)(O)CNC(=O)C1(N)CC1. The first-order valence-corrected chi connectivity index (χ1v) is 4.13. The minimum absolute atomic E-state index is 0.148. The fraction of sp³-hybridized carbons (Fsp3) is 0.875. The fourth-order valence-electron chi connectivity index (χ4n) is 0.834. The lowest BCUT2D eigenvalue weighted by molar-refractivity contribution is -0.124. The number of aliphatic hydroxyl groups is 1. The van der Waals surface area contributed by atoms with E-state index >= 15 is 0 Å². The second kappa shape index (κ2) is 2.71. The fourth-order valence-corrected chi connectivity index (χ4v) is 0.834. The number of carbonyl (C=O) groups is 1. The van der Waals surface area contributed by atoms with Crippen molar-refractivity contribution in [2.75, 3.05) is 6.54 Å². The van der Waals surface area contributed by atoms with Crippen molar-refractivity contribution in [3.05, 3.63) is 0 Å². The summed E-state index contributed by atoms with van der Waals surface area (Å²) < 4.78 is 0. The molecule has 0 bridgehead atoms. The third-order valence-electron chi connectivity index (χ3n) is 1.92. The molecule has 0 unspecified atom stereocenters. The summed E-state index contributed by atoms with van der Waals surface area (Å²) in [6.07, 6.45) is 1.51. The van der Waals surface area contributed by atoms with Gasteiger partial charge in [0.25, 0.3) is 0 Å². The van der Waals surface area contributed by atoms with Gasteiger partial charge in [0.15, 0.2) is 0 Å². The minimum atomic E-state index is -0.860. The number of hydrogen-bond acceptors (Lipinski definition) is 3. The zero-order chi connectivity index (χ0) is 9.41. The predicted octanol–water partition coefficient (Wildman–Crippen LogP) is -0.635. The van der Waals surface area contributed by atoms with Gasteiger partial charge < -0.3 is 16.2 Å². The molecule has 0 heterocycles. The molecule has 0 aromatic heterocycles. The monoisotopic (exact) mass is 172 g/mol. The van der Waals surface area contributed by atoms with Crippen LogP contribution >= 0.6 is 0 Å². The van der Waals surface area contributed by atoms with Gasteiger partial charge in [-0.2, -0.15) is 0 Å². The highest BCUT2D eigenvalue weighted by atomic mass is 16.3. The van der Waals surface area contributed by atoms with E-state index in [-0.39, 0.29) is 12.5 Å². The van der Waals surface area contributed by atoms with Crippen molar-refractivity contribution in [1.82, 2.24) is 5.32 Å². The topological polar surface area (TPSA) is 75.3 Å². The second-order valence-electron chi connectivity index (χ2n) is 4.15. The molecule has 12 heavy (non-hydrogen) atoms. The van der Waals surface area contributed by atoms with Gasteiger partial charge in [-0.1, -0.05) is 0 Å². The molecule has 4 N–H and O–H groups in total. The van der Waals surface area contributed by atoms with E-state index in [2.05, 4.69) is 5.32 Å². The van der Waals surface area contributed by atoms with Crippen LogP contribution in [0.15, 0.2) is 0 Å². The highest BCUT2D eigenvalue weighted by Crippen LogP contribution is 2.32. The summed E-state index contributed by atoms with van der Waals surface area (Å²) in [6.45, 7) is 3.54. The van der Waals surface area contributed by atoms with Crippen LogP contribution < -0.4 is 11.1 Å². The van der Waals surface area contributed by atoms with E-state index in [9.17, 15) is 9.90 Å². The van der Waals surface area contributed by atoms with Crippen LogP contribution in [0.3, 0.4) is 0 Å². The molecule has 0 aromatic carbocycles. The van der Waals surface area contributed by atoms with Crippen LogP contribution in [0, 0.1) is 0 Å². The molecule has 4 heteroatoms. The van der Waals surface area contributed by atoms with E-state index < -0.39 is 11.1 Å². The van der Waals surface area contributed by atoms with Crippen molar-refractivity contribution >= 4 is 5.91 Å². The zero-order valence-electron chi connectivity index (χ0n) is 7.55. The average Bonchev–Trinajstić information content (AvgIpc) is 2.62. The summed E-state index contributed by atoms with van der Waals surface area (Å²) >= 11 is 0. The summed E-state index contributed by atoms with van der Waals surface area (Å²) in [7, 11) is 0. The number of hydrogen-bond donors (Lipinski definition) is 3. The summed E-state index contributed by atoms with van der Waals surface area (Å²) in [4.78, 5) is 11.2. The molecular weight excluding hydrogens is 156 g/mol. The number of amides is 1. The van der Waals surface area contributed by atoms with Gasteiger partial charge in [-0.15, -0.1) is 0 Å². The normalized spacial score (nSPS) is 20.3. The maximum Gasteiger partial charge on any atom is 0.240 e. The molecule has 1 fully saturated rings. The smallest absolute Gasteiger partial charge is 0.240 e. The molecule has 0 spiro atoms. The summed E-state index contributed by atoms with van der Waals surface area (Å²) in [5, 5.41) is 11.9.